The van der Waals surface area contributed by atoms with Gasteiger partial charge in [0, 0.05) is 31.3 Å². The smallest absolute Gasteiger partial charge is 0.256 e. The van der Waals surface area contributed by atoms with E-state index in [9.17, 15) is 14.0 Å². The van der Waals surface area contributed by atoms with E-state index in [1.165, 1.54) is 26.4 Å². The van der Waals surface area contributed by atoms with Crippen LogP contribution in [0.4, 0.5) is 4.39 Å². The number of amides is 2. The molecule has 1 heterocycles. The highest BCUT2D eigenvalue weighted by Crippen LogP contribution is 2.23. The van der Waals surface area contributed by atoms with Gasteiger partial charge in [-0.05, 0) is 43.0 Å². The number of methoxy groups -OCH3 is 2. The number of rotatable bonds is 6. The zero-order valence-electron chi connectivity index (χ0n) is 16.6. The third kappa shape index (κ3) is 5.04. The van der Waals surface area contributed by atoms with Crippen LogP contribution in [0.5, 0.6) is 11.5 Å². The first-order valence-electron chi connectivity index (χ1n) is 9.57. The Morgan fingerprint density at radius 3 is 2.28 bits per heavy atom. The highest BCUT2D eigenvalue weighted by Gasteiger charge is 2.25. The first kappa shape index (κ1) is 20.6. The van der Waals surface area contributed by atoms with Gasteiger partial charge in [0.05, 0.1) is 19.8 Å². The normalized spacial score (nSPS) is 14.4. The van der Waals surface area contributed by atoms with Crippen LogP contribution < -0.4 is 14.8 Å². The second-order valence-corrected chi connectivity index (χ2v) is 7.03. The van der Waals surface area contributed by atoms with Gasteiger partial charge >= 0.3 is 0 Å². The lowest BCUT2D eigenvalue weighted by Gasteiger charge is -2.32. The molecule has 1 saturated heterocycles. The van der Waals surface area contributed by atoms with Crippen molar-refractivity contribution in [3.8, 4) is 11.5 Å². The van der Waals surface area contributed by atoms with Gasteiger partial charge in [0.15, 0.2) is 0 Å². The Hall–Kier alpha value is -3.09. The number of hydrogen-bond acceptors (Lipinski definition) is 4. The molecule has 0 spiro atoms. The predicted molar refractivity (Wildman–Crippen MR) is 107 cm³/mol. The maximum absolute atomic E-state index is 13.8. The van der Waals surface area contributed by atoms with Gasteiger partial charge in [-0.15, -0.1) is 0 Å². The van der Waals surface area contributed by atoms with Crippen molar-refractivity contribution in [2.45, 2.75) is 12.8 Å². The highest BCUT2D eigenvalue weighted by molar-refractivity contribution is 5.95. The van der Waals surface area contributed by atoms with Crippen molar-refractivity contribution in [3.05, 3.63) is 59.4 Å². The number of nitrogens with zero attached hydrogens (tertiary/aromatic N) is 1. The fourth-order valence-electron chi connectivity index (χ4n) is 3.42. The molecule has 1 N–H and O–H groups in total. The maximum atomic E-state index is 13.8. The minimum Gasteiger partial charge on any atom is -0.497 e. The van der Waals surface area contributed by atoms with Gasteiger partial charge in [-0.3, -0.25) is 9.59 Å². The Morgan fingerprint density at radius 1 is 1.07 bits per heavy atom. The quantitative estimate of drug-likeness (QED) is 0.809. The number of carbonyl (C=O) groups is 2. The van der Waals surface area contributed by atoms with Crippen LogP contribution in [0.3, 0.4) is 0 Å². The summed E-state index contributed by atoms with van der Waals surface area (Å²) in [5, 5.41) is 2.94. The molecule has 0 bridgehead atoms. The van der Waals surface area contributed by atoms with E-state index in [1.54, 1.807) is 35.2 Å². The largest absolute Gasteiger partial charge is 0.497 e. The number of benzene rings is 2. The maximum Gasteiger partial charge on any atom is 0.256 e. The van der Waals surface area contributed by atoms with E-state index in [1.807, 2.05) is 0 Å². The summed E-state index contributed by atoms with van der Waals surface area (Å²) in [6.45, 7) is 1.60. The third-order valence-corrected chi connectivity index (χ3v) is 5.17. The molecular formula is C22H25FN2O4. The minimum atomic E-state index is -0.499. The molecule has 3 rings (SSSR count). The van der Waals surface area contributed by atoms with Gasteiger partial charge in [-0.1, -0.05) is 12.1 Å². The molecule has 0 radical (unpaired) electrons. The van der Waals surface area contributed by atoms with Gasteiger partial charge in [0.25, 0.3) is 11.8 Å². The van der Waals surface area contributed by atoms with Gasteiger partial charge in [-0.2, -0.15) is 0 Å². The Bertz CT molecular complexity index is 857. The Balaban J connectivity index is 1.52. The second-order valence-electron chi connectivity index (χ2n) is 7.03. The SMILES string of the molecule is COc1cc(OC)cc(C(=O)NCC2CCN(C(=O)c3ccccc3F)CC2)c1. The number of carbonyl (C=O) groups excluding carboxylic acids is 2. The molecule has 0 saturated carbocycles. The molecule has 0 aliphatic carbocycles. The lowest BCUT2D eigenvalue weighted by Crippen LogP contribution is -2.41. The van der Waals surface area contributed by atoms with Crippen LogP contribution in [0, 0.1) is 11.7 Å². The average Bonchev–Trinajstić information content (AvgIpc) is 2.77. The van der Waals surface area contributed by atoms with E-state index in [2.05, 4.69) is 5.32 Å². The molecule has 2 aromatic carbocycles. The van der Waals surface area contributed by atoms with Gasteiger partial charge in [0.2, 0.25) is 0 Å². The van der Waals surface area contributed by atoms with Crippen molar-refractivity contribution in [1.29, 1.82) is 0 Å². The standard InChI is InChI=1S/C22H25FN2O4/c1-28-17-11-16(12-18(13-17)29-2)21(26)24-14-15-7-9-25(10-8-15)22(27)19-5-3-4-6-20(19)23/h3-6,11-13,15H,7-10,14H2,1-2H3,(H,24,26). The van der Waals surface area contributed by atoms with Crippen molar-refractivity contribution >= 4 is 11.8 Å². The number of likely N-dealkylation sites (tertiary alicyclic amines) is 1. The second kappa shape index (κ2) is 9.41. The van der Waals surface area contributed by atoms with Crippen molar-refractivity contribution < 1.29 is 23.5 Å². The molecule has 29 heavy (non-hydrogen) atoms. The van der Waals surface area contributed by atoms with E-state index >= 15 is 0 Å². The number of nitrogens with one attached hydrogen (secondary N) is 1. The Kier molecular flexibility index (Phi) is 6.69. The van der Waals surface area contributed by atoms with E-state index in [0.29, 0.717) is 36.7 Å². The van der Waals surface area contributed by atoms with E-state index < -0.39 is 5.82 Å². The molecule has 7 heteroatoms. The molecule has 0 aromatic heterocycles. The van der Waals surface area contributed by atoms with Gasteiger partial charge < -0.3 is 19.7 Å². The molecule has 0 unspecified atom stereocenters. The average molecular weight is 400 g/mol. The van der Waals surface area contributed by atoms with E-state index in [0.717, 1.165) is 12.8 Å². The summed E-state index contributed by atoms with van der Waals surface area (Å²) in [4.78, 5) is 26.7. The fourth-order valence-corrected chi connectivity index (χ4v) is 3.42. The van der Waals surface area contributed by atoms with E-state index in [-0.39, 0.29) is 23.3 Å². The lowest BCUT2D eigenvalue weighted by atomic mass is 9.96. The molecule has 154 valence electrons. The summed E-state index contributed by atoms with van der Waals surface area (Å²) in [5.74, 6) is 0.377. The van der Waals surface area contributed by atoms with Crippen LogP contribution in [-0.4, -0.2) is 50.6 Å². The Morgan fingerprint density at radius 2 is 1.69 bits per heavy atom. The summed E-state index contributed by atoms with van der Waals surface area (Å²) in [7, 11) is 3.07. The van der Waals surface area contributed by atoms with Crippen molar-refractivity contribution in [3.63, 3.8) is 0 Å². The number of hydrogen-bond donors (Lipinski definition) is 1. The van der Waals surface area contributed by atoms with Gasteiger partial charge in [-0.25, -0.2) is 4.39 Å². The molecule has 6 nitrogen and oxygen atoms in total. The third-order valence-electron chi connectivity index (χ3n) is 5.17. The first-order chi connectivity index (χ1) is 14.0. The molecule has 1 aliphatic rings. The summed E-state index contributed by atoms with van der Waals surface area (Å²) < 4.78 is 24.2. The number of piperidine rings is 1. The molecule has 2 aromatic rings. The van der Waals surface area contributed by atoms with Crippen LogP contribution >= 0.6 is 0 Å². The highest BCUT2D eigenvalue weighted by atomic mass is 19.1. The van der Waals surface area contributed by atoms with Crippen molar-refractivity contribution in [2.75, 3.05) is 33.9 Å². The lowest BCUT2D eigenvalue weighted by molar-refractivity contribution is 0.0679. The molecule has 1 fully saturated rings. The van der Waals surface area contributed by atoms with Crippen molar-refractivity contribution in [1.82, 2.24) is 10.2 Å². The molecule has 1 aliphatic heterocycles. The fraction of sp³-hybridized carbons (Fsp3) is 0.364. The Labute approximate surface area is 169 Å². The summed E-state index contributed by atoms with van der Waals surface area (Å²) in [6, 6.07) is 11.1. The van der Waals surface area contributed by atoms with Crippen LogP contribution in [-0.2, 0) is 0 Å². The zero-order valence-corrected chi connectivity index (χ0v) is 16.6. The topological polar surface area (TPSA) is 67.9 Å². The van der Waals surface area contributed by atoms with Gasteiger partial charge in [0.1, 0.15) is 17.3 Å². The summed E-state index contributed by atoms with van der Waals surface area (Å²) in [6.07, 6.45) is 1.50. The van der Waals surface area contributed by atoms with Crippen LogP contribution in [0.25, 0.3) is 0 Å². The van der Waals surface area contributed by atoms with E-state index in [4.69, 9.17) is 9.47 Å². The molecular weight excluding hydrogens is 375 g/mol. The first-order valence-corrected chi connectivity index (χ1v) is 9.57. The minimum absolute atomic E-state index is 0.103. The predicted octanol–water partition coefficient (Wildman–Crippen LogP) is 3.13. The zero-order chi connectivity index (χ0) is 20.8. The number of ether oxygens (including phenoxy) is 2. The monoisotopic (exact) mass is 400 g/mol. The van der Waals surface area contributed by atoms with Crippen molar-refractivity contribution in [2.24, 2.45) is 5.92 Å². The molecule has 2 amide bonds. The van der Waals surface area contributed by atoms with Crippen LogP contribution in [0.15, 0.2) is 42.5 Å². The summed E-state index contributed by atoms with van der Waals surface area (Å²) in [5.41, 5.74) is 0.569. The van der Waals surface area contributed by atoms with Crippen LogP contribution in [0.2, 0.25) is 0 Å². The summed E-state index contributed by atoms with van der Waals surface area (Å²) >= 11 is 0. The van der Waals surface area contributed by atoms with Crippen LogP contribution in [0.1, 0.15) is 33.6 Å². The number of halogens is 1. The molecule has 0 atom stereocenters.